The topological polar surface area (TPSA) is 58.8 Å². The van der Waals surface area contributed by atoms with Gasteiger partial charge in [0, 0.05) is 32.4 Å². The molecule has 0 aliphatic carbocycles. The molecule has 2 N–H and O–H groups in total. The van der Waals surface area contributed by atoms with Crippen molar-refractivity contribution < 1.29 is 9.53 Å². The van der Waals surface area contributed by atoms with E-state index in [1.54, 1.807) is 4.90 Å². The third kappa shape index (κ3) is 3.37. The smallest absolute Gasteiger partial charge is 0.236 e. The highest BCUT2D eigenvalue weighted by Crippen LogP contribution is 2.13. The number of rotatable bonds is 4. The third-order valence-electron chi connectivity index (χ3n) is 3.09. The van der Waals surface area contributed by atoms with Gasteiger partial charge in [0.1, 0.15) is 12.4 Å². The van der Waals surface area contributed by atoms with E-state index in [2.05, 4.69) is 4.90 Å². The molecule has 1 aromatic rings. The maximum Gasteiger partial charge on any atom is 0.236 e. The predicted octanol–water partition coefficient (Wildman–Crippen LogP) is 0.422. The van der Waals surface area contributed by atoms with Gasteiger partial charge in [-0.25, -0.2) is 0 Å². The summed E-state index contributed by atoms with van der Waals surface area (Å²) in [6.07, 6.45) is 0. The van der Waals surface area contributed by atoms with Crippen molar-refractivity contribution in [1.82, 2.24) is 9.80 Å². The van der Waals surface area contributed by atoms with Crippen LogP contribution in [0.4, 0.5) is 5.69 Å². The second-order valence-electron chi connectivity index (χ2n) is 4.51. The van der Waals surface area contributed by atoms with Gasteiger partial charge < -0.3 is 15.4 Å². The van der Waals surface area contributed by atoms with Crippen molar-refractivity contribution in [2.45, 2.75) is 0 Å². The van der Waals surface area contributed by atoms with E-state index in [0.717, 1.165) is 31.1 Å². The predicted molar refractivity (Wildman–Crippen MR) is 70.4 cm³/mol. The molecule has 5 nitrogen and oxygen atoms in total. The van der Waals surface area contributed by atoms with Gasteiger partial charge in [-0.05, 0) is 24.3 Å². The van der Waals surface area contributed by atoms with Gasteiger partial charge in [0.25, 0.3) is 0 Å². The molecule has 1 aromatic carbocycles. The molecule has 0 saturated carbocycles. The minimum Gasteiger partial charge on any atom is -0.492 e. The Labute approximate surface area is 107 Å². The van der Waals surface area contributed by atoms with Crippen molar-refractivity contribution in [2.24, 2.45) is 0 Å². The number of carbonyl (C=O) groups excluding carboxylic acids is 1. The van der Waals surface area contributed by atoms with E-state index < -0.39 is 0 Å². The summed E-state index contributed by atoms with van der Waals surface area (Å²) in [7, 11) is 1.84. The van der Waals surface area contributed by atoms with E-state index in [4.69, 9.17) is 10.5 Å². The van der Waals surface area contributed by atoms with Crippen LogP contribution in [0, 0.1) is 0 Å². The molecule has 5 heteroatoms. The van der Waals surface area contributed by atoms with E-state index >= 15 is 0 Å². The van der Waals surface area contributed by atoms with Gasteiger partial charge in [-0.2, -0.15) is 0 Å². The number of hydrogen-bond donors (Lipinski definition) is 1. The SMILES string of the molecule is CN1CCN(CCOc2ccc(N)cc2)CC1=O. The number of hydrogen-bond acceptors (Lipinski definition) is 4. The first kappa shape index (κ1) is 12.7. The number of benzene rings is 1. The standard InChI is InChI=1S/C13H19N3O2/c1-15-6-7-16(10-13(15)17)8-9-18-12-4-2-11(14)3-5-12/h2-5H,6-10,14H2,1H3. The minimum atomic E-state index is 0.175. The molecule has 1 amide bonds. The number of nitrogen functional groups attached to an aromatic ring is 1. The molecule has 0 radical (unpaired) electrons. The highest BCUT2D eigenvalue weighted by molar-refractivity contribution is 5.78. The second-order valence-corrected chi connectivity index (χ2v) is 4.51. The maximum absolute atomic E-state index is 11.5. The van der Waals surface area contributed by atoms with E-state index in [-0.39, 0.29) is 5.91 Å². The Bertz CT molecular complexity index is 405. The Morgan fingerprint density at radius 1 is 1.28 bits per heavy atom. The quantitative estimate of drug-likeness (QED) is 0.786. The van der Waals surface area contributed by atoms with Crippen molar-refractivity contribution >= 4 is 11.6 Å². The first-order chi connectivity index (χ1) is 8.65. The lowest BCUT2D eigenvalue weighted by molar-refractivity contribution is -0.134. The van der Waals surface area contributed by atoms with Gasteiger partial charge in [0.05, 0.1) is 6.54 Å². The number of nitrogens with two attached hydrogens (primary N) is 1. The van der Waals surface area contributed by atoms with Gasteiger partial charge in [0.15, 0.2) is 0 Å². The molecule has 1 aliphatic rings. The molecule has 1 fully saturated rings. The van der Waals surface area contributed by atoms with Gasteiger partial charge >= 0.3 is 0 Å². The maximum atomic E-state index is 11.5. The van der Waals surface area contributed by atoms with E-state index in [9.17, 15) is 4.79 Å². The minimum absolute atomic E-state index is 0.175. The monoisotopic (exact) mass is 249 g/mol. The van der Waals surface area contributed by atoms with E-state index in [0.29, 0.717) is 13.2 Å². The number of ether oxygens (including phenoxy) is 1. The molecule has 1 heterocycles. The van der Waals surface area contributed by atoms with Crippen LogP contribution in [0.2, 0.25) is 0 Å². The van der Waals surface area contributed by atoms with Crippen molar-refractivity contribution in [2.75, 3.05) is 45.6 Å². The van der Waals surface area contributed by atoms with Crippen LogP contribution in [0.25, 0.3) is 0 Å². The molecule has 2 rings (SSSR count). The molecule has 18 heavy (non-hydrogen) atoms. The summed E-state index contributed by atoms with van der Waals surface area (Å²) in [5.74, 6) is 0.985. The summed E-state index contributed by atoms with van der Waals surface area (Å²) in [6.45, 7) is 3.54. The average molecular weight is 249 g/mol. The molecule has 0 aromatic heterocycles. The molecule has 0 atom stereocenters. The molecule has 1 saturated heterocycles. The van der Waals surface area contributed by atoms with Crippen LogP contribution >= 0.6 is 0 Å². The Kier molecular flexibility index (Phi) is 4.04. The highest BCUT2D eigenvalue weighted by atomic mass is 16.5. The zero-order chi connectivity index (χ0) is 13.0. The Hall–Kier alpha value is -1.75. The summed E-state index contributed by atoms with van der Waals surface area (Å²) in [4.78, 5) is 15.4. The molecule has 0 bridgehead atoms. The van der Waals surface area contributed by atoms with Gasteiger partial charge in [-0.1, -0.05) is 0 Å². The lowest BCUT2D eigenvalue weighted by Gasteiger charge is -2.31. The Balaban J connectivity index is 1.72. The highest BCUT2D eigenvalue weighted by Gasteiger charge is 2.20. The summed E-state index contributed by atoms with van der Waals surface area (Å²) >= 11 is 0. The second kappa shape index (κ2) is 5.73. The number of amides is 1. The van der Waals surface area contributed by atoms with Gasteiger partial charge in [-0.15, -0.1) is 0 Å². The molecule has 0 spiro atoms. The zero-order valence-electron chi connectivity index (χ0n) is 10.6. The summed E-state index contributed by atoms with van der Waals surface area (Å²) in [6, 6.07) is 7.33. The van der Waals surface area contributed by atoms with Gasteiger partial charge in [0.2, 0.25) is 5.91 Å². The van der Waals surface area contributed by atoms with Crippen LogP contribution in [-0.2, 0) is 4.79 Å². The molecule has 98 valence electrons. The Morgan fingerprint density at radius 3 is 2.67 bits per heavy atom. The normalized spacial score (nSPS) is 16.9. The van der Waals surface area contributed by atoms with Crippen LogP contribution in [-0.4, -0.2) is 55.5 Å². The molecule has 0 unspecified atom stereocenters. The molecule has 1 aliphatic heterocycles. The van der Waals surface area contributed by atoms with Crippen molar-refractivity contribution in [3.8, 4) is 5.75 Å². The van der Waals surface area contributed by atoms with Crippen LogP contribution in [0.15, 0.2) is 24.3 Å². The zero-order valence-corrected chi connectivity index (χ0v) is 10.6. The lowest BCUT2D eigenvalue weighted by Crippen LogP contribution is -2.49. The first-order valence-electron chi connectivity index (χ1n) is 6.10. The van der Waals surface area contributed by atoms with Crippen molar-refractivity contribution in [3.05, 3.63) is 24.3 Å². The van der Waals surface area contributed by atoms with Gasteiger partial charge in [-0.3, -0.25) is 9.69 Å². The third-order valence-corrected chi connectivity index (χ3v) is 3.09. The fourth-order valence-corrected chi connectivity index (χ4v) is 1.85. The van der Waals surface area contributed by atoms with E-state index in [1.807, 2.05) is 31.3 Å². The Morgan fingerprint density at radius 2 is 2.00 bits per heavy atom. The summed E-state index contributed by atoms with van der Waals surface area (Å²) in [5.41, 5.74) is 6.32. The van der Waals surface area contributed by atoms with E-state index in [1.165, 1.54) is 0 Å². The fourth-order valence-electron chi connectivity index (χ4n) is 1.85. The van der Waals surface area contributed by atoms with Crippen LogP contribution < -0.4 is 10.5 Å². The molecular formula is C13H19N3O2. The number of piperazine rings is 1. The fraction of sp³-hybridized carbons (Fsp3) is 0.462. The summed E-state index contributed by atoms with van der Waals surface area (Å²) in [5, 5.41) is 0. The number of carbonyl (C=O) groups is 1. The lowest BCUT2D eigenvalue weighted by atomic mass is 10.3. The summed E-state index contributed by atoms with van der Waals surface area (Å²) < 4.78 is 5.60. The molecular weight excluding hydrogens is 230 g/mol. The average Bonchev–Trinajstić information content (AvgIpc) is 2.36. The van der Waals surface area contributed by atoms with Crippen LogP contribution in [0.1, 0.15) is 0 Å². The van der Waals surface area contributed by atoms with Crippen molar-refractivity contribution in [1.29, 1.82) is 0 Å². The number of likely N-dealkylation sites (N-methyl/N-ethyl adjacent to an activating group) is 1. The van der Waals surface area contributed by atoms with Crippen molar-refractivity contribution in [3.63, 3.8) is 0 Å². The largest absolute Gasteiger partial charge is 0.492 e. The first-order valence-corrected chi connectivity index (χ1v) is 6.10. The number of nitrogens with zero attached hydrogens (tertiary/aromatic N) is 2. The van der Waals surface area contributed by atoms with Crippen LogP contribution in [0.3, 0.4) is 0 Å². The number of anilines is 1. The van der Waals surface area contributed by atoms with Crippen LogP contribution in [0.5, 0.6) is 5.75 Å².